The number of amides is 1. The maximum atomic E-state index is 13.5. The number of piperazine rings is 1. The average molecular weight is 945 g/mol. The number of nitrogens with zero attached hydrogens (tertiary/aromatic N) is 6. The van der Waals surface area contributed by atoms with Gasteiger partial charge in [-0.1, -0.05) is 37.3 Å². The number of halogens is 1. The molecule has 6 heterocycles. The molecule has 352 valence electrons. The molecule has 2 aromatic carbocycles. The summed E-state index contributed by atoms with van der Waals surface area (Å²) in [5.41, 5.74) is 7.83. The van der Waals surface area contributed by atoms with Crippen molar-refractivity contribution in [2.24, 2.45) is 5.92 Å². The van der Waals surface area contributed by atoms with Crippen LogP contribution in [0.1, 0.15) is 85.5 Å². The molecule has 0 spiro atoms. The third-order valence-electron chi connectivity index (χ3n) is 13.0. The van der Waals surface area contributed by atoms with Crippen molar-refractivity contribution < 1.29 is 23.4 Å². The minimum absolute atomic E-state index is 0.0816. The fraction of sp³-hybridized carbons (Fsp3) is 0.481. The first-order valence-corrected chi connectivity index (χ1v) is 25.4. The molecule has 15 heteroatoms. The number of aromatic nitrogens is 2. The highest BCUT2D eigenvalue weighted by Gasteiger charge is 2.35. The molecule has 2 N–H and O–H groups in total. The molecule has 0 radical (unpaired) electrons. The minimum Gasteiger partial charge on any atom is -0.378 e. The fourth-order valence-corrected chi connectivity index (χ4v) is 11.4. The van der Waals surface area contributed by atoms with E-state index in [4.69, 9.17) is 24.2 Å². The van der Waals surface area contributed by atoms with Crippen LogP contribution in [0.15, 0.2) is 70.7 Å². The Kier molecular flexibility index (Phi) is 15.9. The lowest BCUT2D eigenvalue weighted by Crippen LogP contribution is -2.55. The van der Waals surface area contributed by atoms with E-state index >= 15 is 0 Å². The number of carbonyl (C=O) groups excluding carboxylic acids is 1. The van der Waals surface area contributed by atoms with Gasteiger partial charge in [-0.25, -0.2) is 14.4 Å². The lowest BCUT2D eigenvalue weighted by molar-refractivity contribution is -0.111. The number of nitrogens with one attached hydrogen (secondary N) is 2. The monoisotopic (exact) mass is 944 g/mol. The predicted molar refractivity (Wildman–Crippen MR) is 263 cm³/mol. The van der Waals surface area contributed by atoms with Gasteiger partial charge in [0, 0.05) is 79.4 Å². The van der Waals surface area contributed by atoms with Crippen LogP contribution < -0.4 is 20.4 Å². The van der Waals surface area contributed by atoms with Crippen molar-refractivity contribution >= 4 is 46.8 Å². The Morgan fingerprint density at radius 3 is 2.09 bits per heavy atom. The fourth-order valence-electron chi connectivity index (χ4n) is 9.45. The Morgan fingerprint density at radius 2 is 1.46 bits per heavy atom. The summed E-state index contributed by atoms with van der Waals surface area (Å²) >= 11 is 3.19. The van der Waals surface area contributed by atoms with Gasteiger partial charge in [0.05, 0.1) is 49.3 Å². The summed E-state index contributed by atoms with van der Waals surface area (Å²) in [4.78, 5) is 27.9. The van der Waals surface area contributed by atoms with E-state index in [1.165, 1.54) is 12.1 Å². The molecule has 0 aliphatic carbocycles. The molecule has 12 nitrogen and oxygen atoms in total. The molecule has 2 fully saturated rings. The molecule has 4 atom stereocenters. The largest absolute Gasteiger partial charge is 0.378 e. The average Bonchev–Trinajstić information content (AvgIpc) is 3.31. The SMILES string of the molecule is CC1CN(c2nc(SCCc3ccc(NC(=O)C=CCC(C)C4Cc5c(C#N)c(SCCc6ccc(F)cc6)nc(N6CCOCC6)c5CO4)cc3)c(C#N)c3c2COC(C)(C)C3)CC(C)N1. The van der Waals surface area contributed by atoms with Crippen LogP contribution in [0.3, 0.4) is 0 Å². The van der Waals surface area contributed by atoms with Crippen molar-refractivity contribution in [2.75, 3.05) is 66.0 Å². The van der Waals surface area contributed by atoms with Crippen LogP contribution in [0.25, 0.3) is 0 Å². The van der Waals surface area contributed by atoms with Crippen molar-refractivity contribution in [2.45, 2.75) is 114 Å². The zero-order chi connectivity index (χ0) is 47.1. The van der Waals surface area contributed by atoms with Gasteiger partial charge in [-0.2, -0.15) is 10.5 Å². The molecule has 0 saturated carbocycles. The molecule has 4 aromatic rings. The highest BCUT2D eigenvalue weighted by atomic mass is 32.2. The van der Waals surface area contributed by atoms with Gasteiger partial charge in [0.1, 0.15) is 39.6 Å². The molecule has 1 amide bonds. The van der Waals surface area contributed by atoms with Crippen LogP contribution in [0.5, 0.6) is 0 Å². The molecule has 67 heavy (non-hydrogen) atoms. The van der Waals surface area contributed by atoms with Gasteiger partial charge in [-0.3, -0.25) is 4.79 Å². The second-order valence-electron chi connectivity index (χ2n) is 18.7. The quantitative estimate of drug-likeness (QED) is 0.0867. The topological polar surface area (TPSA) is 149 Å². The van der Waals surface area contributed by atoms with E-state index in [9.17, 15) is 19.7 Å². The van der Waals surface area contributed by atoms with Gasteiger partial charge in [-0.15, -0.1) is 23.5 Å². The number of pyridine rings is 2. The predicted octanol–water partition coefficient (Wildman–Crippen LogP) is 8.57. The first-order chi connectivity index (χ1) is 32.4. The normalized spacial score (nSPS) is 20.7. The standard InChI is InChI=1S/C52H61FN8O4S2/c1-33(46-25-40-42(27-54)50(66-23-17-36-9-13-38(53)14-10-36)58-48(44(40)31-64-46)60-19-21-63-22-20-60)7-6-8-47(62)57-39-15-11-37(12-16-39)18-24-67-51-43(28-55)41-26-52(4,5)65-32-45(41)49(59-51)61-29-34(2)56-35(3)30-61/h6,8-16,33-35,46,56H,7,17-26,29-32H2,1-5H3,(H,57,62). The Morgan fingerprint density at radius 1 is 0.881 bits per heavy atom. The maximum Gasteiger partial charge on any atom is 0.248 e. The van der Waals surface area contributed by atoms with E-state index in [1.807, 2.05) is 30.3 Å². The van der Waals surface area contributed by atoms with Crippen LogP contribution in [-0.2, 0) is 57.9 Å². The first-order valence-electron chi connectivity index (χ1n) is 23.5. The van der Waals surface area contributed by atoms with Gasteiger partial charge in [0.2, 0.25) is 5.91 Å². The number of anilines is 3. The third-order valence-corrected chi connectivity index (χ3v) is 14.9. The molecular weight excluding hydrogens is 884 g/mol. The lowest BCUT2D eigenvalue weighted by atomic mass is 9.88. The number of fused-ring (bicyclic) bond motifs is 2. The summed E-state index contributed by atoms with van der Waals surface area (Å²) in [6.07, 6.45) is 6.69. The second kappa shape index (κ2) is 22.0. The lowest BCUT2D eigenvalue weighted by Gasteiger charge is -2.40. The summed E-state index contributed by atoms with van der Waals surface area (Å²) in [6.45, 7) is 15.8. The molecule has 0 bridgehead atoms. The van der Waals surface area contributed by atoms with Crippen molar-refractivity contribution in [3.63, 3.8) is 0 Å². The highest BCUT2D eigenvalue weighted by Crippen LogP contribution is 2.40. The third kappa shape index (κ3) is 12.0. The van der Waals surface area contributed by atoms with E-state index in [0.29, 0.717) is 98.5 Å². The van der Waals surface area contributed by atoms with Crippen LogP contribution in [0.2, 0.25) is 0 Å². The van der Waals surface area contributed by atoms with Crippen LogP contribution in [0.4, 0.5) is 21.7 Å². The number of allylic oxidation sites excluding steroid dienone is 1. The van der Waals surface area contributed by atoms with Crippen LogP contribution in [0, 0.1) is 34.4 Å². The van der Waals surface area contributed by atoms with E-state index < -0.39 is 0 Å². The number of hydrogen-bond donors (Lipinski definition) is 2. The number of morpholine rings is 1. The minimum atomic E-state index is -0.357. The van der Waals surface area contributed by atoms with Gasteiger partial charge in [0.15, 0.2) is 0 Å². The van der Waals surface area contributed by atoms with Gasteiger partial charge in [-0.05, 0) is 105 Å². The Bertz CT molecular complexity index is 2510. The van der Waals surface area contributed by atoms with Crippen LogP contribution in [-0.4, -0.2) is 90.6 Å². The summed E-state index contributed by atoms with van der Waals surface area (Å²) in [7, 11) is 0. The number of benzene rings is 2. The molecule has 2 saturated heterocycles. The number of nitriles is 2. The number of carbonyl (C=O) groups is 1. The summed E-state index contributed by atoms with van der Waals surface area (Å²) < 4.78 is 31.9. The van der Waals surface area contributed by atoms with Crippen molar-refractivity contribution in [3.8, 4) is 12.1 Å². The highest BCUT2D eigenvalue weighted by molar-refractivity contribution is 7.99. The van der Waals surface area contributed by atoms with Gasteiger partial charge >= 0.3 is 0 Å². The molecular formula is C52H61FN8O4S2. The number of thioether (sulfide) groups is 2. The first kappa shape index (κ1) is 48.5. The smallest absolute Gasteiger partial charge is 0.248 e. The molecule has 4 aliphatic rings. The number of ether oxygens (including phenoxy) is 3. The van der Waals surface area contributed by atoms with Crippen molar-refractivity contribution in [1.29, 1.82) is 10.5 Å². The van der Waals surface area contributed by atoms with E-state index in [0.717, 1.165) is 81.7 Å². The Balaban J connectivity index is 0.861. The van der Waals surface area contributed by atoms with Crippen molar-refractivity contribution in [1.82, 2.24) is 15.3 Å². The summed E-state index contributed by atoms with van der Waals surface area (Å²) in [5.74, 6) is 2.87. The molecule has 4 unspecified atom stereocenters. The van der Waals surface area contributed by atoms with Crippen molar-refractivity contribution in [3.05, 3.63) is 111 Å². The summed E-state index contributed by atoms with van der Waals surface area (Å²) in [6, 6.07) is 20.1. The zero-order valence-electron chi connectivity index (χ0n) is 39.2. The summed E-state index contributed by atoms with van der Waals surface area (Å²) in [5, 5.41) is 29.0. The van der Waals surface area contributed by atoms with Gasteiger partial charge < -0.3 is 34.6 Å². The Labute approximate surface area is 403 Å². The van der Waals surface area contributed by atoms with Gasteiger partial charge in [0.25, 0.3) is 0 Å². The maximum absolute atomic E-state index is 13.5. The van der Waals surface area contributed by atoms with E-state index in [1.54, 1.807) is 41.7 Å². The molecule has 2 aromatic heterocycles. The number of hydrogen-bond acceptors (Lipinski definition) is 13. The van der Waals surface area contributed by atoms with Crippen LogP contribution >= 0.6 is 23.5 Å². The molecule has 4 aliphatic heterocycles. The number of rotatable bonds is 15. The second-order valence-corrected chi connectivity index (χ2v) is 20.9. The molecule has 8 rings (SSSR count). The van der Waals surface area contributed by atoms with E-state index in [2.05, 4.69) is 67.2 Å². The van der Waals surface area contributed by atoms with E-state index in [-0.39, 0.29) is 29.3 Å². The number of aryl methyl sites for hydroxylation is 2. The Hall–Kier alpha value is -5.00. The zero-order valence-corrected chi connectivity index (χ0v) is 40.8.